The monoisotopic (exact) mass is 158 g/mol. The minimum Gasteiger partial charge on any atom is -0.368 e. The van der Waals surface area contributed by atoms with E-state index in [4.69, 9.17) is 4.74 Å². The Morgan fingerprint density at radius 3 is 2.80 bits per heavy atom. The topological polar surface area (TPSA) is 9.23 Å². The summed E-state index contributed by atoms with van der Waals surface area (Å²) < 4.78 is 5.49. The Kier molecular flexibility index (Phi) is 2.19. The van der Waals surface area contributed by atoms with Crippen molar-refractivity contribution < 1.29 is 4.74 Å². The summed E-state index contributed by atoms with van der Waals surface area (Å²) in [5, 5.41) is 0. The first kappa shape index (κ1) is 6.99. The summed E-state index contributed by atoms with van der Waals surface area (Å²) in [6, 6.07) is 0. The van der Waals surface area contributed by atoms with E-state index in [1.165, 1.54) is 31.4 Å². The molecule has 1 nitrogen and oxygen atoms in total. The molecule has 1 saturated heterocycles. The molecule has 2 fully saturated rings. The first-order chi connectivity index (χ1) is 4.95. The molecule has 0 N–H and O–H groups in total. The quantitative estimate of drug-likeness (QED) is 0.623. The van der Waals surface area contributed by atoms with Gasteiger partial charge in [0.2, 0.25) is 0 Å². The van der Waals surface area contributed by atoms with E-state index in [1.54, 1.807) is 0 Å². The van der Waals surface area contributed by atoms with Crippen LogP contribution in [-0.4, -0.2) is 17.8 Å². The van der Waals surface area contributed by atoms with E-state index in [0.29, 0.717) is 5.44 Å². The van der Waals surface area contributed by atoms with Gasteiger partial charge < -0.3 is 4.74 Å². The molecule has 2 rings (SSSR count). The standard InChI is InChI=1S/C8H14OS/c1-2-8(9-5-1)10-6-7-3-4-7/h7-8H,1-6H2. The Morgan fingerprint density at radius 1 is 1.30 bits per heavy atom. The maximum atomic E-state index is 5.49. The normalized spacial score (nSPS) is 33.0. The molecule has 0 spiro atoms. The minimum atomic E-state index is 0.556. The molecular weight excluding hydrogens is 144 g/mol. The van der Waals surface area contributed by atoms with Crippen molar-refractivity contribution in [1.82, 2.24) is 0 Å². The van der Waals surface area contributed by atoms with Crippen LogP contribution >= 0.6 is 11.8 Å². The largest absolute Gasteiger partial charge is 0.368 e. The lowest BCUT2D eigenvalue weighted by molar-refractivity contribution is 0.173. The number of thioether (sulfide) groups is 1. The molecule has 2 aliphatic rings. The van der Waals surface area contributed by atoms with Gasteiger partial charge in [-0.3, -0.25) is 0 Å². The van der Waals surface area contributed by atoms with Crippen LogP contribution < -0.4 is 0 Å². The van der Waals surface area contributed by atoms with Crippen molar-refractivity contribution in [2.75, 3.05) is 12.4 Å². The molecule has 1 unspecified atom stereocenters. The van der Waals surface area contributed by atoms with Gasteiger partial charge in [0, 0.05) is 6.61 Å². The highest BCUT2D eigenvalue weighted by Crippen LogP contribution is 2.35. The van der Waals surface area contributed by atoms with Crippen molar-refractivity contribution in [2.24, 2.45) is 5.92 Å². The molecule has 1 atom stereocenters. The van der Waals surface area contributed by atoms with E-state index in [0.717, 1.165) is 12.5 Å². The predicted molar refractivity (Wildman–Crippen MR) is 44.2 cm³/mol. The third-order valence-electron chi connectivity index (χ3n) is 2.10. The summed E-state index contributed by atoms with van der Waals surface area (Å²) in [5.74, 6) is 2.40. The van der Waals surface area contributed by atoms with E-state index in [9.17, 15) is 0 Å². The van der Waals surface area contributed by atoms with Crippen LogP contribution in [0.4, 0.5) is 0 Å². The molecule has 58 valence electrons. The molecule has 0 radical (unpaired) electrons. The molecular formula is C8H14OS. The van der Waals surface area contributed by atoms with E-state index < -0.39 is 0 Å². The molecule has 10 heavy (non-hydrogen) atoms. The third-order valence-corrected chi connectivity index (χ3v) is 3.51. The van der Waals surface area contributed by atoms with Crippen molar-refractivity contribution in [3.63, 3.8) is 0 Å². The molecule has 0 aromatic carbocycles. The maximum absolute atomic E-state index is 5.49. The van der Waals surface area contributed by atoms with Crippen LogP contribution in [0.2, 0.25) is 0 Å². The molecule has 1 aliphatic heterocycles. The molecule has 1 saturated carbocycles. The van der Waals surface area contributed by atoms with Gasteiger partial charge in [-0.2, -0.15) is 0 Å². The zero-order valence-electron chi connectivity index (χ0n) is 6.21. The lowest BCUT2D eigenvalue weighted by Crippen LogP contribution is -1.99. The average molecular weight is 158 g/mol. The molecule has 0 aromatic heterocycles. The Morgan fingerprint density at radius 2 is 2.20 bits per heavy atom. The van der Waals surface area contributed by atoms with Crippen LogP contribution in [0.15, 0.2) is 0 Å². The van der Waals surface area contributed by atoms with Gasteiger partial charge in [-0.15, -0.1) is 11.8 Å². The Labute approximate surface area is 66.5 Å². The lowest BCUT2D eigenvalue weighted by atomic mass is 10.4. The zero-order valence-corrected chi connectivity index (χ0v) is 7.03. The average Bonchev–Trinajstić information content (AvgIpc) is 2.63. The van der Waals surface area contributed by atoms with Gasteiger partial charge in [0.05, 0.1) is 0 Å². The van der Waals surface area contributed by atoms with Crippen molar-refractivity contribution >= 4 is 11.8 Å². The smallest absolute Gasteiger partial charge is 0.103 e. The zero-order chi connectivity index (χ0) is 6.81. The van der Waals surface area contributed by atoms with Gasteiger partial charge in [0.1, 0.15) is 5.44 Å². The number of hydrogen-bond acceptors (Lipinski definition) is 2. The molecule has 0 aromatic rings. The van der Waals surface area contributed by atoms with E-state index in [2.05, 4.69) is 0 Å². The molecule has 0 amide bonds. The van der Waals surface area contributed by atoms with Gasteiger partial charge in [-0.05, 0) is 37.4 Å². The van der Waals surface area contributed by atoms with Crippen molar-refractivity contribution in [2.45, 2.75) is 31.1 Å². The SMILES string of the molecule is C1COC(SCC2CC2)C1. The minimum absolute atomic E-state index is 0.556. The van der Waals surface area contributed by atoms with Gasteiger partial charge in [-0.25, -0.2) is 0 Å². The summed E-state index contributed by atoms with van der Waals surface area (Å²) in [5.41, 5.74) is 0.556. The van der Waals surface area contributed by atoms with E-state index >= 15 is 0 Å². The van der Waals surface area contributed by atoms with Crippen LogP contribution in [0.1, 0.15) is 25.7 Å². The Balaban J connectivity index is 1.59. The molecule has 2 heteroatoms. The van der Waals surface area contributed by atoms with E-state index in [-0.39, 0.29) is 0 Å². The van der Waals surface area contributed by atoms with Crippen LogP contribution in [0.25, 0.3) is 0 Å². The van der Waals surface area contributed by atoms with Crippen LogP contribution in [0.3, 0.4) is 0 Å². The second-order valence-electron chi connectivity index (χ2n) is 3.22. The highest BCUT2D eigenvalue weighted by Gasteiger charge is 2.24. The van der Waals surface area contributed by atoms with Crippen molar-refractivity contribution in [1.29, 1.82) is 0 Å². The lowest BCUT2D eigenvalue weighted by Gasteiger charge is -2.06. The fourth-order valence-electron chi connectivity index (χ4n) is 1.21. The fourth-order valence-corrected chi connectivity index (χ4v) is 2.55. The first-order valence-corrected chi connectivity index (χ1v) is 5.23. The number of hydrogen-bond donors (Lipinski definition) is 0. The molecule has 0 bridgehead atoms. The molecule has 1 aliphatic carbocycles. The summed E-state index contributed by atoms with van der Waals surface area (Å²) in [4.78, 5) is 0. The summed E-state index contributed by atoms with van der Waals surface area (Å²) in [6.45, 7) is 1.00. The predicted octanol–water partition coefficient (Wildman–Crippen LogP) is 2.27. The summed E-state index contributed by atoms with van der Waals surface area (Å²) in [6.07, 6.45) is 5.51. The Bertz CT molecular complexity index is 106. The maximum Gasteiger partial charge on any atom is 0.103 e. The van der Waals surface area contributed by atoms with Gasteiger partial charge in [0.25, 0.3) is 0 Å². The Hall–Kier alpha value is 0.310. The van der Waals surface area contributed by atoms with Gasteiger partial charge in [0.15, 0.2) is 0 Å². The fraction of sp³-hybridized carbons (Fsp3) is 1.00. The van der Waals surface area contributed by atoms with Crippen molar-refractivity contribution in [3.8, 4) is 0 Å². The second-order valence-corrected chi connectivity index (χ2v) is 4.41. The number of ether oxygens (including phenoxy) is 1. The summed E-state index contributed by atoms with van der Waals surface area (Å²) in [7, 11) is 0. The van der Waals surface area contributed by atoms with Gasteiger partial charge >= 0.3 is 0 Å². The molecule has 1 heterocycles. The van der Waals surface area contributed by atoms with E-state index in [1.807, 2.05) is 11.8 Å². The summed E-state index contributed by atoms with van der Waals surface area (Å²) >= 11 is 2.03. The highest BCUT2D eigenvalue weighted by molar-refractivity contribution is 7.99. The highest BCUT2D eigenvalue weighted by atomic mass is 32.2. The third kappa shape index (κ3) is 1.89. The second kappa shape index (κ2) is 3.14. The van der Waals surface area contributed by atoms with Crippen LogP contribution in [0.5, 0.6) is 0 Å². The van der Waals surface area contributed by atoms with Crippen LogP contribution in [-0.2, 0) is 4.74 Å². The van der Waals surface area contributed by atoms with Crippen molar-refractivity contribution in [3.05, 3.63) is 0 Å². The van der Waals surface area contributed by atoms with Crippen LogP contribution in [0, 0.1) is 5.92 Å². The first-order valence-electron chi connectivity index (χ1n) is 4.18. The number of rotatable bonds is 3. The van der Waals surface area contributed by atoms with Gasteiger partial charge in [-0.1, -0.05) is 0 Å².